The molecule has 0 amide bonds. The zero-order valence-electron chi connectivity index (χ0n) is 12.6. The molecule has 0 saturated heterocycles. The highest BCUT2D eigenvalue weighted by molar-refractivity contribution is 7.11. The standard InChI is InChI=1S/C18H24N2S/c1-2-15-9-10-16(21-15)13-17(20-19)18(11-6-12-18)14-7-4-3-5-8-14/h3-5,7-10,17,20H,2,6,11-13,19H2,1H3. The topological polar surface area (TPSA) is 38.0 Å². The number of hydrazine groups is 1. The van der Waals surface area contributed by atoms with Crippen LogP contribution in [0.5, 0.6) is 0 Å². The van der Waals surface area contributed by atoms with E-state index in [1.165, 1.54) is 34.6 Å². The van der Waals surface area contributed by atoms with E-state index in [1.807, 2.05) is 11.3 Å². The highest BCUT2D eigenvalue weighted by Gasteiger charge is 2.45. The van der Waals surface area contributed by atoms with Gasteiger partial charge in [0.05, 0.1) is 0 Å². The molecule has 21 heavy (non-hydrogen) atoms. The van der Waals surface area contributed by atoms with Gasteiger partial charge in [0.1, 0.15) is 0 Å². The molecular formula is C18H24N2S. The van der Waals surface area contributed by atoms with Gasteiger partial charge in [0.15, 0.2) is 0 Å². The summed E-state index contributed by atoms with van der Waals surface area (Å²) in [4.78, 5) is 2.90. The lowest BCUT2D eigenvalue weighted by Gasteiger charge is -2.48. The van der Waals surface area contributed by atoms with Crippen LogP contribution < -0.4 is 11.3 Å². The van der Waals surface area contributed by atoms with Gasteiger partial charge >= 0.3 is 0 Å². The van der Waals surface area contributed by atoms with Gasteiger partial charge in [-0.3, -0.25) is 11.3 Å². The van der Waals surface area contributed by atoms with Gasteiger partial charge in [0, 0.05) is 21.2 Å². The molecule has 1 atom stereocenters. The third kappa shape index (κ3) is 2.78. The van der Waals surface area contributed by atoms with Crippen LogP contribution in [-0.4, -0.2) is 6.04 Å². The van der Waals surface area contributed by atoms with Crippen LogP contribution in [0.15, 0.2) is 42.5 Å². The molecule has 1 aliphatic rings. The van der Waals surface area contributed by atoms with Crippen LogP contribution in [0.2, 0.25) is 0 Å². The Hall–Kier alpha value is -1.16. The van der Waals surface area contributed by atoms with Crippen molar-refractivity contribution < 1.29 is 0 Å². The highest BCUT2D eigenvalue weighted by Crippen LogP contribution is 2.47. The summed E-state index contributed by atoms with van der Waals surface area (Å²) in [6, 6.07) is 15.7. The molecule has 1 saturated carbocycles. The molecule has 0 bridgehead atoms. The van der Waals surface area contributed by atoms with E-state index in [0.29, 0.717) is 6.04 Å². The maximum absolute atomic E-state index is 5.95. The molecule has 3 heteroatoms. The number of thiophene rings is 1. The fourth-order valence-corrected chi connectivity index (χ4v) is 4.51. The fourth-order valence-electron chi connectivity index (χ4n) is 3.50. The molecule has 1 unspecified atom stereocenters. The quantitative estimate of drug-likeness (QED) is 0.629. The van der Waals surface area contributed by atoms with E-state index in [9.17, 15) is 0 Å². The Morgan fingerprint density at radius 2 is 1.86 bits per heavy atom. The van der Waals surface area contributed by atoms with Crippen molar-refractivity contribution >= 4 is 11.3 Å². The lowest BCUT2D eigenvalue weighted by molar-refractivity contribution is 0.169. The number of hydrogen-bond donors (Lipinski definition) is 2. The number of rotatable bonds is 6. The smallest absolute Gasteiger partial charge is 0.0355 e. The summed E-state index contributed by atoms with van der Waals surface area (Å²) < 4.78 is 0. The Morgan fingerprint density at radius 1 is 1.14 bits per heavy atom. The van der Waals surface area contributed by atoms with E-state index in [0.717, 1.165) is 12.8 Å². The minimum Gasteiger partial charge on any atom is -0.271 e. The predicted molar refractivity (Wildman–Crippen MR) is 90.5 cm³/mol. The van der Waals surface area contributed by atoms with Crippen LogP contribution in [0.3, 0.4) is 0 Å². The van der Waals surface area contributed by atoms with E-state index >= 15 is 0 Å². The molecule has 0 spiro atoms. The van der Waals surface area contributed by atoms with Gasteiger partial charge in [-0.25, -0.2) is 0 Å². The van der Waals surface area contributed by atoms with Crippen molar-refractivity contribution in [2.75, 3.05) is 0 Å². The van der Waals surface area contributed by atoms with Gasteiger partial charge in [-0.2, -0.15) is 0 Å². The van der Waals surface area contributed by atoms with Crippen molar-refractivity contribution in [3.05, 3.63) is 57.8 Å². The van der Waals surface area contributed by atoms with Crippen LogP contribution in [0, 0.1) is 0 Å². The van der Waals surface area contributed by atoms with Crippen molar-refractivity contribution in [3.63, 3.8) is 0 Å². The van der Waals surface area contributed by atoms with Crippen LogP contribution in [0.25, 0.3) is 0 Å². The summed E-state index contributed by atoms with van der Waals surface area (Å²) in [5.74, 6) is 5.95. The first kappa shape index (κ1) is 14.8. The molecule has 2 nitrogen and oxygen atoms in total. The van der Waals surface area contributed by atoms with Gasteiger partial charge in [-0.15, -0.1) is 11.3 Å². The molecule has 1 heterocycles. The normalized spacial score (nSPS) is 18.2. The number of aryl methyl sites for hydroxylation is 1. The summed E-state index contributed by atoms with van der Waals surface area (Å²) in [5.41, 5.74) is 4.78. The fraction of sp³-hybridized carbons (Fsp3) is 0.444. The van der Waals surface area contributed by atoms with Crippen molar-refractivity contribution in [1.29, 1.82) is 0 Å². The summed E-state index contributed by atoms with van der Waals surface area (Å²) in [5, 5.41) is 0. The predicted octanol–water partition coefficient (Wildman–Crippen LogP) is 3.81. The first-order valence-corrected chi connectivity index (χ1v) is 8.69. The van der Waals surface area contributed by atoms with E-state index < -0.39 is 0 Å². The largest absolute Gasteiger partial charge is 0.271 e. The lowest BCUT2D eigenvalue weighted by atomic mass is 9.59. The Morgan fingerprint density at radius 3 is 2.38 bits per heavy atom. The Kier molecular flexibility index (Phi) is 4.43. The minimum atomic E-state index is 0.215. The zero-order chi connectivity index (χ0) is 14.7. The second kappa shape index (κ2) is 6.30. The van der Waals surface area contributed by atoms with Crippen molar-refractivity contribution in [1.82, 2.24) is 5.43 Å². The Labute approximate surface area is 131 Å². The molecule has 1 fully saturated rings. The number of nitrogens with one attached hydrogen (secondary N) is 1. The Balaban J connectivity index is 1.84. The van der Waals surface area contributed by atoms with Gasteiger partial charge in [-0.05, 0) is 43.4 Å². The molecule has 3 rings (SSSR count). The van der Waals surface area contributed by atoms with Crippen LogP contribution in [0.4, 0.5) is 0 Å². The van der Waals surface area contributed by atoms with Gasteiger partial charge < -0.3 is 0 Å². The average molecular weight is 300 g/mol. The highest BCUT2D eigenvalue weighted by atomic mass is 32.1. The molecule has 1 aliphatic carbocycles. The van der Waals surface area contributed by atoms with Gasteiger partial charge in [0.25, 0.3) is 0 Å². The second-order valence-electron chi connectivity index (χ2n) is 6.02. The van der Waals surface area contributed by atoms with Crippen LogP contribution in [-0.2, 0) is 18.3 Å². The maximum Gasteiger partial charge on any atom is 0.0355 e. The molecule has 2 aromatic rings. The third-order valence-electron chi connectivity index (χ3n) is 4.93. The summed E-state index contributed by atoms with van der Waals surface area (Å²) in [6.07, 6.45) is 5.92. The molecule has 112 valence electrons. The summed E-state index contributed by atoms with van der Waals surface area (Å²) in [7, 11) is 0. The maximum atomic E-state index is 5.95. The van der Waals surface area contributed by atoms with Gasteiger partial charge in [-0.1, -0.05) is 43.7 Å². The third-order valence-corrected chi connectivity index (χ3v) is 6.19. The summed E-state index contributed by atoms with van der Waals surface area (Å²) >= 11 is 1.93. The minimum absolute atomic E-state index is 0.215. The molecule has 1 aromatic carbocycles. The molecular weight excluding hydrogens is 276 g/mol. The Bertz CT molecular complexity index is 572. The van der Waals surface area contributed by atoms with Crippen molar-refractivity contribution in [2.24, 2.45) is 5.84 Å². The van der Waals surface area contributed by atoms with E-state index in [1.54, 1.807) is 0 Å². The van der Waals surface area contributed by atoms with Crippen LogP contribution in [0.1, 0.15) is 41.5 Å². The molecule has 0 radical (unpaired) electrons. The first-order chi connectivity index (χ1) is 10.3. The monoisotopic (exact) mass is 300 g/mol. The van der Waals surface area contributed by atoms with E-state index in [4.69, 9.17) is 5.84 Å². The number of nitrogens with two attached hydrogens (primary N) is 1. The van der Waals surface area contributed by atoms with Crippen LogP contribution >= 0.6 is 11.3 Å². The van der Waals surface area contributed by atoms with E-state index in [2.05, 4.69) is 54.8 Å². The zero-order valence-corrected chi connectivity index (χ0v) is 13.5. The van der Waals surface area contributed by atoms with Gasteiger partial charge in [0.2, 0.25) is 0 Å². The number of hydrogen-bond acceptors (Lipinski definition) is 3. The number of benzene rings is 1. The van der Waals surface area contributed by atoms with E-state index in [-0.39, 0.29) is 5.41 Å². The average Bonchev–Trinajstić information content (AvgIpc) is 2.94. The molecule has 1 aromatic heterocycles. The lowest BCUT2D eigenvalue weighted by Crippen LogP contribution is -2.56. The first-order valence-electron chi connectivity index (χ1n) is 7.88. The SMILES string of the molecule is CCc1ccc(CC(NN)C2(c3ccccc3)CCC2)s1. The van der Waals surface area contributed by atoms with Crippen molar-refractivity contribution in [3.8, 4) is 0 Å². The summed E-state index contributed by atoms with van der Waals surface area (Å²) in [6.45, 7) is 2.21. The van der Waals surface area contributed by atoms with Crippen molar-refractivity contribution in [2.45, 2.75) is 50.5 Å². The molecule has 0 aliphatic heterocycles. The second-order valence-corrected chi connectivity index (χ2v) is 7.27. The molecule has 3 N–H and O–H groups in total.